The van der Waals surface area contributed by atoms with Crippen molar-refractivity contribution in [2.24, 2.45) is 0 Å². The molecule has 0 saturated heterocycles. The first-order chi connectivity index (χ1) is 8.09. The molecule has 0 unspecified atom stereocenters. The molecule has 2 rings (SSSR count). The van der Waals surface area contributed by atoms with E-state index in [2.05, 4.69) is 4.98 Å². The second-order valence-electron chi connectivity index (χ2n) is 4.03. The van der Waals surface area contributed by atoms with Crippen LogP contribution in [0.2, 0.25) is 10.4 Å². The average Bonchev–Trinajstić information content (AvgIpc) is 2.54. The van der Waals surface area contributed by atoms with Crippen LogP contribution in [0.5, 0.6) is 0 Å². The molecule has 0 atom stereocenters. The van der Waals surface area contributed by atoms with Gasteiger partial charge in [-0.15, -0.1) is 0 Å². The molecule has 0 saturated carbocycles. The molecule has 0 amide bonds. The SMILES string of the molecule is CN(C)Cc1c(Cl)nc(Cl)n1-c1ccccc1. The number of hydrogen-bond donors (Lipinski definition) is 0. The van der Waals surface area contributed by atoms with Gasteiger partial charge < -0.3 is 4.90 Å². The normalized spacial score (nSPS) is 11.1. The lowest BCUT2D eigenvalue weighted by atomic mass is 10.3. The number of benzene rings is 1. The quantitative estimate of drug-likeness (QED) is 0.853. The molecule has 1 aromatic carbocycles. The van der Waals surface area contributed by atoms with Crippen LogP contribution in [0.15, 0.2) is 30.3 Å². The summed E-state index contributed by atoms with van der Waals surface area (Å²) >= 11 is 12.2. The van der Waals surface area contributed by atoms with Gasteiger partial charge in [0.1, 0.15) is 0 Å². The van der Waals surface area contributed by atoms with Crippen molar-refractivity contribution in [2.75, 3.05) is 14.1 Å². The van der Waals surface area contributed by atoms with Gasteiger partial charge in [-0.25, -0.2) is 4.98 Å². The summed E-state index contributed by atoms with van der Waals surface area (Å²) in [5, 5.41) is 0.839. The highest BCUT2D eigenvalue weighted by Gasteiger charge is 2.16. The Morgan fingerprint density at radius 1 is 1.18 bits per heavy atom. The van der Waals surface area contributed by atoms with E-state index in [1.807, 2.05) is 53.9 Å². The molecule has 0 spiro atoms. The van der Waals surface area contributed by atoms with Crippen LogP contribution in [-0.2, 0) is 6.54 Å². The minimum absolute atomic E-state index is 0.387. The molecular formula is C12H13Cl2N3. The van der Waals surface area contributed by atoms with Crippen molar-refractivity contribution in [1.82, 2.24) is 14.5 Å². The Labute approximate surface area is 111 Å². The van der Waals surface area contributed by atoms with E-state index in [1.165, 1.54) is 0 Å². The summed E-state index contributed by atoms with van der Waals surface area (Å²) < 4.78 is 1.86. The topological polar surface area (TPSA) is 21.1 Å². The third-order valence-corrected chi connectivity index (χ3v) is 2.92. The molecule has 0 fully saturated rings. The zero-order valence-corrected chi connectivity index (χ0v) is 11.2. The van der Waals surface area contributed by atoms with Crippen LogP contribution in [0.4, 0.5) is 0 Å². The predicted octanol–water partition coefficient (Wildman–Crippen LogP) is 3.24. The Balaban J connectivity index is 2.53. The third kappa shape index (κ3) is 2.63. The van der Waals surface area contributed by atoms with Crippen molar-refractivity contribution in [3.05, 3.63) is 46.5 Å². The van der Waals surface area contributed by atoms with Gasteiger partial charge in [-0.05, 0) is 37.8 Å². The van der Waals surface area contributed by atoms with Gasteiger partial charge in [0.25, 0.3) is 0 Å². The Morgan fingerprint density at radius 2 is 1.82 bits per heavy atom. The first kappa shape index (κ1) is 12.4. The first-order valence-corrected chi connectivity index (χ1v) is 5.98. The van der Waals surface area contributed by atoms with Crippen LogP contribution in [0.25, 0.3) is 5.69 Å². The number of aromatic nitrogens is 2. The van der Waals surface area contributed by atoms with E-state index in [9.17, 15) is 0 Å². The third-order valence-electron chi connectivity index (χ3n) is 2.36. The molecule has 1 aromatic heterocycles. The summed E-state index contributed by atoms with van der Waals surface area (Å²) in [7, 11) is 3.96. The Morgan fingerprint density at radius 3 is 2.41 bits per heavy atom. The van der Waals surface area contributed by atoms with Gasteiger partial charge >= 0.3 is 0 Å². The number of para-hydroxylation sites is 1. The highest BCUT2D eigenvalue weighted by atomic mass is 35.5. The fraction of sp³-hybridized carbons (Fsp3) is 0.250. The molecule has 0 aliphatic rings. The molecule has 1 heterocycles. The van der Waals surface area contributed by atoms with Gasteiger partial charge in [0.2, 0.25) is 5.28 Å². The van der Waals surface area contributed by atoms with E-state index >= 15 is 0 Å². The van der Waals surface area contributed by atoms with Gasteiger partial charge in [-0.2, -0.15) is 0 Å². The van der Waals surface area contributed by atoms with Crippen molar-refractivity contribution in [3.8, 4) is 5.69 Å². The maximum absolute atomic E-state index is 6.12. The zero-order valence-electron chi connectivity index (χ0n) is 9.69. The second-order valence-corrected chi connectivity index (χ2v) is 4.72. The lowest BCUT2D eigenvalue weighted by molar-refractivity contribution is 0.394. The standard InChI is InChI=1S/C12H13Cl2N3/c1-16(2)8-10-11(13)15-12(14)17(10)9-6-4-3-5-7-9/h3-7H,8H2,1-2H3. The fourth-order valence-corrected chi connectivity index (χ4v) is 2.23. The van der Waals surface area contributed by atoms with Crippen molar-refractivity contribution in [2.45, 2.75) is 6.54 Å². The minimum Gasteiger partial charge on any atom is -0.304 e. The number of hydrogen-bond acceptors (Lipinski definition) is 2. The van der Waals surface area contributed by atoms with Crippen LogP contribution < -0.4 is 0 Å². The summed E-state index contributed by atoms with van der Waals surface area (Å²) in [6.45, 7) is 0.688. The van der Waals surface area contributed by atoms with E-state index in [0.717, 1.165) is 11.4 Å². The van der Waals surface area contributed by atoms with Crippen LogP contribution in [0.3, 0.4) is 0 Å². The molecule has 0 aliphatic carbocycles. The highest BCUT2D eigenvalue weighted by molar-refractivity contribution is 6.33. The molecule has 0 aliphatic heterocycles. The monoisotopic (exact) mass is 269 g/mol. The largest absolute Gasteiger partial charge is 0.304 e. The zero-order chi connectivity index (χ0) is 12.4. The van der Waals surface area contributed by atoms with Gasteiger partial charge in [-0.1, -0.05) is 29.8 Å². The molecule has 2 aromatic rings. The Kier molecular flexibility index (Phi) is 3.72. The number of halogens is 2. The Hall–Kier alpha value is -1.03. The molecular weight excluding hydrogens is 257 g/mol. The lowest BCUT2D eigenvalue weighted by Gasteiger charge is -2.13. The van der Waals surface area contributed by atoms with E-state index in [4.69, 9.17) is 23.2 Å². The number of nitrogens with zero attached hydrogens (tertiary/aromatic N) is 3. The lowest BCUT2D eigenvalue weighted by Crippen LogP contribution is -2.14. The van der Waals surface area contributed by atoms with Crippen LogP contribution in [0.1, 0.15) is 5.69 Å². The van der Waals surface area contributed by atoms with Crippen molar-refractivity contribution in [3.63, 3.8) is 0 Å². The van der Waals surface area contributed by atoms with E-state index < -0.39 is 0 Å². The maximum Gasteiger partial charge on any atom is 0.209 e. The molecule has 3 nitrogen and oxygen atoms in total. The maximum atomic E-state index is 6.12. The van der Waals surface area contributed by atoms with Crippen LogP contribution in [-0.4, -0.2) is 28.5 Å². The van der Waals surface area contributed by atoms with Crippen molar-refractivity contribution in [1.29, 1.82) is 0 Å². The first-order valence-electron chi connectivity index (χ1n) is 5.22. The number of imidazole rings is 1. The Bertz CT molecular complexity index is 506. The predicted molar refractivity (Wildman–Crippen MR) is 71.0 cm³/mol. The smallest absolute Gasteiger partial charge is 0.209 e. The van der Waals surface area contributed by atoms with Gasteiger partial charge in [0.05, 0.1) is 5.69 Å². The highest BCUT2D eigenvalue weighted by Crippen LogP contribution is 2.25. The van der Waals surface area contributed by atoms with Gasteiger partial charge in [0.15, 0.2) is 5.15 Å². The summed E-state index contributed by atoms with van der Waals surface area (Å²) in [4.78, 5) is 6.13. The van der Waals surface area contributed by atoms with Gasteiger partial charge in [0, 0.05) is 12.2 Å². The average molecular weight is 270 g/mol. The molecule has 5 heteroatoms. The molecule has 17 heavy (non-hydrogen) atoms. The molecule has 0 radical (unpaired) electrons. The summed E-state index contributed by atoms with van der Waals surface area (Å²) in [6.07, 6.45) is 0. The minimum atomic E-state index is 0.387. The van der Waals surface area contributed by atoms with Crippen LogP contribution >= 0.6 is 23.2 Å². The summed E-state index contributed by atoms with van der Waals surface area (Å²) in [5.41, 5.74) is 1.86. The summed E-state index contributed by atoms with van der Waals surface area (Å²) in [6, 6.07) is 9.83. The number of rotatable bonds is 3. The van der Waals surface area contributed by atoms with Crippen molar-refractivity contribution < 1.29 is 0 Å². The second kappa shape index (κ2) is 5.08. The molecule has 0 N–H and O–H groups in total. The van der Waals surface area contributed by atoms with Crippen molar-refractivity contribution >= 4 is 23.2 Å². The molecule has 90 valence electrons. The van der Waals surface area contributed by atoms with E-state index in [0.29, 0.717) is 17.0 Å². The van der Waals surface area contributed by atoms with E-state index in [1.54, 1.807) is 0 Å². The van der Waals surface area contributed by atoms with Gasteiger partial charge in [-0.3, -0.25) is 4.57 Å². The fourth-order valence-electron chi connectivity index (χ4n) is 1.67. The van der Waals surface area contributed by atoms with E-state index in [-0.39, 0.29) is 0 Å². The van der Waals surface area contributed by atoms with Crippen LogP contribution in [0, 0.1) is 0 Å². The summed E-state index contributed by atoms with van der Waals surface area (Å²) in [5.74, 6) is 0. The molecule has 0 bridgehead atoms.